The summed E-state index contributed by atoms with van der Waals surface area (Å²) in [6.45, 7) is 11.6. The summed E-state index contributed by atoms with van der Waals surface area (Å²) in [5.74, 6) is 0.547. The van der Waals surface area contributed by atoms with Crippen LogP contribution in [0.5, 0.6) is 0 Å². The summed E-state index contributed by atoms with van der Waals surface area (Å²) in [5, 5.41) is 3.35. The highest BCUT2D eigenvalue weighted by molar-refractivity contribution is 6.09. The standard InChI is InChI=1S/C13H22N2/c1-6-10(4)7-12-11(5)13(9(2)3)15-8-14-12/h7,9,15H,6,8H2,1-5H3/b10-7-. The molecule has 0 amide bonds. The van der Waals surface area contributed by atoms with Crippen LogP contribution in [0.3, 0.4) is 0 Å². The van der Waals surface area contributed by atoms with E-state index >= 15 is 0 Å². The summed E-state index contributed by atoms with van der Waals surface area (Å²) >= 11 is 0. The van der Waals surface area contributed by atoms with E-state index in [4.69, 9.17) is 0 Å². The molecule has 0 unspecified atom stereocenters. The van der Waals surface area contributed by atoms with Crippen LogP contribution in [-0.4, -0.2) is 12.4 Å². The minimum absolute atomic E-state index is 0.547. The molecule has 0 aromatic rings. The van der Waals surface area contributed by atoms with Crippen LogP contribution in [0, 0.1) is 5.92 Å². The smallest absolute Gasteiger partial charge is 0.108 e. The number of nitrogens with one attached hydrogen (secondary N) is 1. The van der Waals surface area contributed by atoms with Crippen molar-refractivity contribution in [1.82, 2.24) is 5.32 Å². The van der Waals surface area contributed by atoms with Gasteiger partial charge in [0.25, 0.3) is 0 Å². The van der Waals surface area contributed by atoms with Crippen LogP contribution in [0.15, 0.2) is 27.9 Å². The Labute approximate surface area is 93.2 Å². The molecule has 0 aromatic carbocycles. The van der Waals surface area contributed by atoms with Crippen molar-refractivity contribution in [3.8, 4) is 0 Å². The van der Waals surface area contributed by atoms with Crippen molar-refractivity contribution in [1.29, 1.82) is 0 Å². The van der Waals surface area contributed by atoms with E-state index < -0.39 is 0 Å². The number of hydrogen-bond acceptors (Lipinski definition) is 2. The van der Waals surface area contributed by atoms with Crippen molar-refractivity contribution >= 4 is 5.71 Å². The van der Waals surface area contributed by atoms with Gasteiger partial charge in [-0.15, -0.1) is 0 Å². The monoisotopic (exact) mass is 206 g/mol. The van der Waals surface area contributed by atoms with Crippen molar-refractivity contribution in [2.24, 2.45) is 10.9 Å². The minimum atomic E-state index is 0.547. The van der Waals surface area contributed by atoms with Gasteiger partial charge in [-0.25, -0.2) is 0 Å². The van der Waals surface area contributed by atoms with E-state index in [1.807, 2.05) is 0 Å². The highest BCUT2D eigenvalue weighted by Crippen LogP contribution is 2.17. The zero-order chi connectivity index (χ0) is 11.4. The van der Waals surface area contributed by atoms with Crippen molar-refractivity contribution in [2.75, 3.05) is 6.67 Å². The molecule has 0 saturated carbocycles. The Morgan fingerprint density at radius 2 is 2.20 bits per heavy atom. The van der Waals surface area contributed by atoms with E-state index in [0.29, 0.717) is 12.6 Å². The quantitative estimate of drug-likeness (QED) is 0.753. The molecule has 15 heavy (non-hydrogen) atoms. The molecule has 0 radical (unpaired) electrons. The predicted molar refractivity (Wildman–Crippen MR) is 67.0 cm³/mol. The first-order valence-corrected chi connectivity index (χ1v) is 5.72. The molecule has 2 heteroatoms. The van der Waals surface area contributed by atoms with Crippen LogP contribution in [-0.2, 0) is 0 Å². The van der Waals surface area contributed by atoms with Crippen molar-refractivity contribution < 1.29 is 0 Å². The summed E-state index contributed by atoms with van der Waals surface area (Å²) < 4.78 is 0. The van der Waals surface area contributed by atoms with Gasteiger partial charge >= 0.3 is 0 Å². The molecule has 0 saturated heterocycles. The van der Waals surface area contributed by atoms with Gasteiger partial charge < -0.3 is 5.32 Å². The normalized spacial score (nSPS) is 18.0. The molecule has 2 nitrogen and oxygen atoms in total. The van der Waals surface area contributed by atoms with Gasteiger partial charge in [-0.2, -0.15) is 0 Å². The van der Waals surface area contributed by atoms with Crippen molar-refractivity contribution in [2.45, 2.75) is 41.0 Å². The highest BCUT2D eigenvalue weighted by atomic mass is 15.0. The molecule has 1 rings (SSSR count). The van der Waals surface area contributed by atoms with Crippen LogP contribution in [0.1, 0.15) is 41.0 Å². The fourth-order valence-corrected chi connectivity index (χ4v) is 1.73. The third-order valence-corrected chi connectivity index (χ3v) is 2.83. The second-order valence-corrected chi connectivity index (χ2v) is 4.42. The molecule has 1 heterocycles. The zero-order valence-corrected chi connectivity index (χ0v) is 10.5. The lowest BCUT2D eigenvalue weighted by molar-refractivity contribution is 0.646. The lowest BCUT2D eigenvalue weighted by atomic mass is 9.99. The van der Waals surface area contributed by atoms with E-state index in [2.05, 4.69) is 51.0 Å². The maximum Gasteiger partial charge on any atom is 0.108 e. The maximum absolute atomic E-state index is 4.50. The topological polar surface area (TPSA) is 24.4 Å². The first kappa shape index (κ1) is 12.0. The van der Waals surface area contributed by atoms with E-state index in [0.717, 1.165) is 12.1 Å². The Bertz CT molecular complexity index is 319. The van der Waals surface area contributed by atoms with Crippen molar-refractivity contribution in [3.63, 3.8) is 0 Å². The third-order valence-electron chi connectivity index (χ3n) is 2.83. The lowest BCUT2D eigenvalue weighted by Crippen LogP contribution is -2.26. The van der Waals surface area contributed by atoms with Gasteiger partial charge in [0.15, 0.2) is 0 Å². The molecular weight excluding hydrogens is 184 g/mol. The van der Waals surface area contributed by atoms with Gasteiger partial charge in [0, 0.05) is 5.70 Å². The summed E-state index contributed by atoms with van der Waals surface area (Å²) in [6.07, 6.45) is 3.30. The summed E-state index contributed by atoms with van der Waals surface area (Å²) in [6, 6.07) is 0. The second-order valence-electron chi connectivity index (χ2n) is 4.42. The van der Waals surface area contributed by atoms with Gasteiger partial charge in [-0.05, 0) is 37.8 Å². The fraction of sp³-hybridized carbons (Fsp3) is 0.615. The van der Waals surface area contributed by atoms with Crippen LogP contribution in [0.25, 0.3) is 0 Å². The van der Waals surface area contributed by atoms with Gasteiger partial charge in [-0.3, -0.25) is 4.99 Å². The predicted octanol–water partition coefficient (Wildman–Crippen LogP) is 3.27. The average Bonchev–Trinajstić information content (AvgIpc) is 2.20. The summed E-state index contributed by atoms with van der Waals surface area (Å²) in [5.41, 5.74) is 5.17. The molecular formula is C13H22N2. The van der Waals surface area contributed by atoms with E-state index in [1.54, 1.807) is 0 Å². The van der Waals surface area contributed by atoms with Crippen LogP contribution >= 0.6 is 0 Å². The molecule has 1 aliphatic heterocycles. The second kappa shape index (κ2) is 5.15. The van der Waals surface area contributed by atoms with Gasteiger partial charge in [0.05, 0.1) is 5.71 Å². The SMILES string of the molecule is CC/C(C)=C\C1=NCNC(C(C)C)=C1C. The van der Waals surface area contributed by atoms with E-state index in [9.17, 15) is 0 Å². The Kier molecular flexibility index (Phi) is 4.13. The number of nitrogens with zero attached hydrogens (tertiary/aromatic N) is 1. The number of rotatable bonds is 3. The number of aliphatic imine (C=N–C) groups is 1. The Morgan fingerprint density at radius 3 is 2.73 bits per heavy atom. The average molecular weight is 206 g/mol. The Morgan fingerprint density at radius 1 is 1.53 bits per heavy atom. The fourth-order valence-electron chi connectivity index (χ4n) is 1.73. The minimum Gasteiger partial charge on any atom is -0.369 e. The summed E-state index contributed by atoms with van der Waals surface area (Å²) in [4.78, 5) is 4.50. The number of allylic oxidation sites excluding steroid dienone is 4. The van der Waals surface area contributed by atoms with Crippen LogP contribution < -0.4 is 5.32 Å². The first-order valence-electron chi connectivity index (χ1n) is 5.72. The molecule has 1 N–H and O–H groups in total. The third kappa shape index (κ3) is 2.95. The largest absolute Gasteiger partial charge is 0.369 e. The molecule has 1 aliphatic rings. The molecule has 0 fully saturated rings. The van der Waals surface area contributed by atoms with Crippen molar-refractivity contribution in [3.05, 3.63) is 22.9 Å². The van der Waals surface area contributed by atoms with Gasteiger partial charge in [-0.1, -0.05) is 26.3 Å². The molecule has 84 valence electrons. The van der Waals surface area contributed by atoms with Crippen LogP contribution in [0.2, 0.25) is 0 Å². The van der Waals surface area contributed by atoms with Gasteiger partial charge in [0.1, 0.15) is 6.67 Å². The number of hydrogen-bond donors (Lipinski definition) is 1. The Hall–Kier alpha value is -1.05. The molecule has 0 bridgehead atoms. The molecule has 0 spiro atoms. The maximum atomic E-state index is 4.50. The first-order chi connectivity index (χ1) is 7.06. The highest BCUT2D eigenvalue weighted by Gasteiger charge is 2.13. The lowest BCUT2D eigenvalue weighted by Gasteiger charge is -2.22. The molecule has 0 aliphatic carbocycles. The molecule has 0 aromatic heterocycles. The summed E-state index contributed by atoms with van der Waals surface area (Å²) in [7, 11) is 0. The van der Waals surface area contributed by atoms with E-state index in [-0.39, 0.29) is 0 Å². The van der Waals surface area contributed by atoms with Gasteiger partial charge in [0.2, 0.25) is 0 Å². The Balaban J connectivity index is 2.97. The molecule has 0 atom stereocenters. The zero-order valence-electron chi connectivity index (χ0n) is 10.5. The van der Waals surface area contributed by atoms with E-state index in [1.165, 1.54) is 16.8 Å². The van der Waals surface area contributed by atoms with Crippen LogP contribution in [0.4, 0.5) is 0 Å².